The van der Waals surface area contributed by atoms with Crippen molar-refractivity contribution >= 4 is 15.9 Å². The van der Waals surface area contributed by atoms with Crippen molar-refractivity contribution in [3.05, 3.63) is 69.7 Å². The Morgan fingerprint density at radius 2 is 1.58 bits per heavy atom. The van der Waals surface area contributed by atoms with E-state index in [1.807, 2.05) is 12.1 Å². The van der Waals surface area contributed by atoms with Gasteiger partial charge in [0.05, 0.1) is 6.04 Å². The molecule has 2 heteroatoms. The monoisotopic (exact) mass is 317 g/mol. The molecular formula is C17H20BrN. The summed E-state index contributed by atoms with van der Waals surface area (Å²) < 4.78 is 1.06. The summed E-state index contributed by atoms with van der Waals surface area (Å²) in [6, 6.07) is 16.7. The fourth-order valence-electron chi connectivity index (χ4n) is 2.08. The first-order valence-electron chi connectivity index (χ1n) is 6.49. The van der Waals surface area contributed by atoms with Crippen LogP contribution >= 0.6 is 15.9 Å². The number of nitrogens with two attached hydrogens (primary N) is 1. The average molecular weight is 318 g/mol. The van der Waals surface area contributed by atoms with Gasteiger partial charge in [-0.15, -0.1) is 0 Å². The fourth-order valence-corrected chi connectivity index (χ4v) is 2.50. The lowest BCUT2D eigenvalue weighted by Crippen LogP contribution is -2.14. The summed E-state index contributed by atoms with van der Waals surface area (Å²) in [5, 5.41) is 0. The summed E-state index contributed by atoms with van der Waals surface area (Å²) in [5.74, 6) is 0. The zero-order chi connectivity index (χ0) is 14.0. The lowest BCUT2D eigenvalue weighted by molar-refractivity contribution is 0.589. The van der Waals surface area contributed by atoms with E-state index in [0.717, 1.165) is 15.6 Å². The highest BCUT2D eigenvalue weighted by Gasteiger charge is 2.14. The van der Waals surface area contributed by atoms with Crippen LogP contribution in [0.1, 0.15) is 43.5 Å². The van der Waals surface area contributed by atoms with Gasteiger partial charge < -0.3 is 5.73 Å². The van der Waals surface area contributed by atoms with E-state index in [2.05, 4.69) is 73.1 Å². The predicted molar refractivity (Wildman–Crippen MR) is 85.3 cm³/mol. The lowest BCUT2D eigenvalue weighted by Gasteiger charge is -2.20. The van der Waals surface area contributed by atoms with E-state index in [9.17, 15) is 0 Å². The number of hydrogen-bond donors (Lipinski definition) is 1. The van der Waals surface area contributed by atoms with Crippen molar-refractivity contribution in [3.8, 4) is 0 Å². The molecule has 0 bridgehead atoms. The highest BCUT2D eigenvalue weighted by Crippen LogP contribution is 2.26. The van der Waals surface area contributed by atoms with Crippen molar-refractivity contribution in [3.63, 3.8) is 0 Å². The number of halogens is 1. The summed E-state index contributed by atoms with van der Waals surface area (Å²) >= 11 is 3.49. The third-order valence-corrected chi connectivity index (χ3v) is 3.84. The van der Waals surface area contributed by atoms with Gasteiger partial charge in [-0.2, -0.15) is 0 Å². The summed E-state index contributed by atoms with van der Waals surface area (Å²) in [6.07, 6.45) is 0. The molecule has 1 atom stereocenters. The Kier molecular flexibility index (Phi) is 4.12. The Morgan fingerprint density at radius 3 is 2.11 bits per heavy atom. The summed E-state index contributed by atoms with van der Waals surface area (Å²) in [6.45, 7) is 6.66. The SMILES string of the molecule is CC(C)(C)c1ccc(C(N)c2cccc(Br)c2)cc1. The molecule has 2 rings (SSSR count). The Balaban J connectivity index is 2.27. The zero-order valence-corrected chi connectivity index (χ0v) is 13.2. The molecule has 0 amide bonds. The molecule has 1 unspecified atom stereocenters. The molecule has 2 aromatic rings. The van der Waals surface area contributed by atoms with Gasteiger partial charge in [-0.25, -0.2) is 0 Å². The second-order valence-corrected chi connectivity index (χ2v) is 6.82. The first-order chi connectivity index (χ1) is 8.88. The van der Waals surface area contributed by atoms with Crippen LogP contribution in [0, 0.1) is 0 Å². The van der Waals surface area contributed by atoms with E-state index in [1.165, 1.54) is 5.56 Å². The smallest absolute Gasteiger partial charge is 0.0552 e. The number of rotatable bonds is 2. The van der Waals surface area contributed by atoms with Crippen LogP contribution in [0.4, 0.5) is 0 Å². The quantitative estimate of drug-likeness (QED) is 0.846. The van der Waals surface area contributed by atoms with Crippen LogP contribution < -0.4 is 5.73 Å². The second kappa shape index (κ2) is 5.48. The van der Waals surface area contributed by atoms with Gasteiger partial charge in [-0.05, 0) is 34.2 Å². The van der Waals surface area contributed by atoms with Crippen molar-refractivity contribution in [2.24, 2.45) is 5.73 Å². The van der Waals surface area contributed by atoms with Gasteiger partial charge in [0.1, 0.15) is 0 Å². The molecule has 0 heterocycles. The van der Waals surface area contributed by atoms with Crippen molar-refractivity contribution in [2.75, 3.05) is 0 Å². The molecule has 0 aliphatic carbocycles. The molecule has 100 valence electrons. The molecule has 0 aromatic heterocycles. The Morgan fingerprint density at radius 1 is 0.947 bits per heavy atom. The van der Waals surface area contributed by atoms with E-state index < -0.39 is 0 Å². The molecule has 0 aliphatic rings. The minimum atomic E-state index is -0.0773. The van der Waals surface area contributed by atoms with Crippen LogP contribution in [-0.2, 0) is 5.41 Å². The minimum Gasteiger partial charge on any atom is -0.320 e. The van der Waals surface area contributed by atoms with Crippen LogP contribution in [0.3, 0.4) is 0 Å². The third kappa shape index (κ3) is 3.46. The van der Waals surface area contributed by atoms with Crippen molar-refractivity contribution in [1.82, 2.24) is 0 Å². The largest absolute Gasteiger partial charge is 0.320 e. The van der Waals surface area contributed by atoms with Gasteiger partial charge in [0.25, 0.3) is 0 Å². The van der Waals surface area contributed by atoms with Gasteiger partial charge >= 0.3 is 0 Å². The highest BCUT2D eigenvalue weighted by atomic mass is 79.9. The molecule has 2 aromatic carbocycles. The molecule has 0 saturated heterocycles. The molecular weight excluding hydrogens is 298 g/mol. The molecule has 1 nitrogen and oxygen atoms in total. The average Bonchev–Trinajstić information content (AvgIpc) is 2.37. The molecule has 2 N–H and O–H groups in total. The number of benzene rings is 2. The Labute approximate surface area is 124 Å². The van der Waals surface area contributed by atoms with Gasteiger partial charge in [0.2, 0.25) is 0 Å². The number of hydrogen-bond acceptors (Lipinski definition) is 1. The normalized spacial score (nSPS) is 13.3. The molecule has 0 spiro atoms. The van der Waals surface area contributed by atoms with Crippen LogP contribution in [0.25, 0.3) is 0 Å². The van der Waals surface area contributed by atoms with Crippen molar-refractivity contribution < 1.29 is 0 Å². The fraction of sp³-hybridized carbons (Fsp3) is 0.294. The third-order valence-electron chi connectivity index (χ3n) is 3.34. The van der Waals surface area contributed by atoms with Crippen LogP contribution in [0.5, 0.6) is 0 Å². The maximum absolute atomic E-state index is 6.32. The summed E-state index contributed by atoms with van der Waals surface area (Å²) in [4.78, 5) is 0. The maximum atomic E-state index is 6.32. The van der Waals surface area contributed by atoms with E-state index in [4.69, 9.17) is 5.73 Å². The van der Waals surface area contributed by atoms with Crippen LogP contribution in [-0.4, -0.2) is 0 Å². The van der Waals surface area contributed by atoms with Gasteiger partial charge in [-0.3, -0.25) is 0 Å². The zero-order valence-electron chi connectivity index (χ0n) is 11.7. The topological polar surface area (TPSA) is 26.0 Å². The second-order valence-electron chi connectivity index (χ2n) is 5.90. The van der Waals surface area contributed by atoms with Crippen molar-refractivity contribution in [1.29, 1.82) is 0 Å². The first kappa shape index (κ1) is 14.3. The lowest BCUT2D eigenvalue weighted by atomic mass is 9.86. The molecule has 0 saturated carbocycles. The molecule has 0 fully saturated rings. The van der Waals surface area contributed by atoms with E-state index in [1.54, 1.807) is 0 Å². The molecule has 0 aliphatic heterocycles. The summed E-state index contributed by atoms with van der Waals surface area (Å²) in [7, 11) is 0. The van der Waals surface area contributed by atoms with E-state index in [-0.39, 0.29) is 11.5 Å². The first-order valence-corrected chi connectivity index (χ1v) is 7.29. The Hall–Kier alpha value is -1.12. The van der Waals surface area contributed by atoms with Crippen LogP contribution in [0.15, 0.2) is 53.0 Å². The highest BCUT2D eigenvalue weighted by molar-refractivity contribution is 9.10. The van der Waals surface area contributed by atoms with Crippen molar-refractivity contribution in [2.45, 2.75) is 32.2 Å². The van der Waals surface area contributed by atoms with Gasteiger partial charge in [0.15, 0.2) is 0 Å². The van der Waals surface area contributed by atoms with Gasteiger partial charge in [0, 0.05) is 4.47 Å². The van der Waals surface area contributed by atoms with E-state index in [0.29, 0.717) is 0 Å². The summed E-state index contributed by atoms with van der Waals surface area (Å²) in [5.41, 5.74) is 10.1. The van der Waals surface area contributed by atoms with Gasteiger partial charge in [-0.1, -0.05) is 73.1 Å². The van der Waals surface area contributed by atoms with Crippen LogP contribution in [0.2, 0.25) is 0 Å². The Bertz CT molecular complexity index is 552. The minimum absolute atomic E-state index is 0.0773. The molecule has 19 heavy (non-hydrogen) atoms. The predicted octanol–water partition coefficient (Wildman–Crippen LogP) is 4.79. The maximum Gasteiger partial charge on any atom is 0.0552 e. The standard InChI is InChI=1S/C17H20BrN/c1-17(2,3)14-9-7-12(8-10-14)16(19)13-5-4-6-15(18)11-13/h4-11,16H,19H2,1-3H3. The molecule has 0 radical (unpaired) electrons. The van der Waals surface area contributed by atoms with E-state index >= 15 is 0 Å².